The summed E-state index contributed by atoms with van der Waals surface area (Å²) < 4.78 is 5.86. The molecule has 2 amide bonds. The number of nitrogens with two attached hydrogens (primary N) is 1. The molecule has 0 aliphatic rings. The Morgan fingerprint density at radius 1 is 1.21 bits per heavy atom. The molecule has 2 heterocycles. The molecule has 3 aromatic rings. The third-order valence-corrected chi connectivity index (χ3v) is 3.68. The van der Waals surface area contributed by atoms with E-state index in [1.165, 1.54) is 6.20 Å². The molecular formula is C16H11BrN4O3. The first kappa shape index (κ1) is 15.9. The second kappa shape index (κ2) is 6.63. The first-order valence-corrected chi connectivity index (χ1v) is 7.62. The van der Waals surface area contributed by atoms with E-state index in [0.29, 0.717) is 11.1 Å². The highest BCUT2D eigenvalue weighted by Crippen LogP contribution is 2.28. The van der Waals surface area contributed by atoms with Gasteiger partial charge in [0.25, 0.3) is 11.8 Å². The number of halogens is 1. The first-order valence-electron chi connectivity index (χ1n) is 6.83. The van der Waals surface area contributed by atoms with E-state index in [0.717, 1.165) is 4.47 Å². The molecule has 0 saturated heterocycles. The molecule has 0 saturated carbocycles. The summed E-state index contributed by atoms with van der Waals surface area (Å²) in [7, 11) is 0. The number of amides is 2. The molecule has 24 heavy (non-hydrogen) atoms. The molecule has 2 aromatic heterocycles. The van der Waals surface area contributed by atoms with E-state index in [-0.39, 0.29) is 17.1 Å². The Kier molecular flexibility index (Phi) is 4.39. The Morgan fingerprint density at radius 3 is 2.71 bits per heavy atom. The van der Waals surface area contributed by atoms with Crippen LogP contribution in [-0.2, 0) is 0 Å². The minimum atomic E-state index is -0.764. The molecule has 0 aliphatic heterocycles. The predicted octanol–water partition coefficient (Wildman–Crippen LogP) is 2.85. The van der Waals surface area contributed by atoms with E-state index in [1.807, 2.05) is 0 Å². The Bertz CT molecular complexity index is 909. The maximum atomic E-state index is 12.3. The molecule has 7 nitrogen and oxygen atoms in total. The van der Waals surface area contributed by atoms with Crippen molar-refractivity contribution in [3.63, 3.8) is 0 Å². The second-order valence-electron chi connectivity index (χ2n) is 4.81. The summed E-state index contributed by atoms with van der Waals surface area (Å²) >= 11 is 3.29. The fraction of sp³-hybridized carbons (Fsp3) is 0. The highest BCUT2D eigenvalue weighted by Gasteiger charge is 2.24. The number of pyridine rings is 1. The third kappa shape index (κ3) is 3.18. The SMILES string of the molecule is NC(=O)c1c(-c2cccnc2)noc1NC(=O)c1cccc(Br)c1. The Labute approximate surface area is 145 Å². The van der Waals surface area contributed by atoms with Crippen LogP contribution in [0.25, 0.3) is 11.3 Å². The lowest BCUT2D eigenvalue weighted by Gasteiger charge is -2.04. The Hall–Kier alpha value is -3.00. The van der Waals surface area contributed by atoms with Crippen LogP contribution in [0.15, 0.2) is 57.8 Å². The van der Waals surface area contributed by atoms with Gasteiger partial charge in [-0.2, -0.15) is 0 Å². The number of nitrogens with one attached hydrogen (secondary N) is 1. The molecule has 8 heteroatoms. The molecule has 120 valence electrons. The zero-order valence-corrected chi connectivity index (χ0v) is 13.8. The summed E-state index contributed by atoms with van der Waals surface area (Å²) in [5.41, 5.74) is 6.57. The van der Waals surface area contributed by atoms with Crippen molar-refractivity contribution < 1.29 is 14.1 Å². The zero-order valence-electron chi connectivity index (χ0n) is 12.2. The molecule has 0 radical (unpaired) electrons. The van der Waals surface area contributed by atoms with Gasteiger partial charge in [-0.05, 0) is 30.3 Å². The minimum Gasteiger partial charge on any atom is -0.365 e. The maximum absolute atomic E-state index is 12.3. The summed E-state index contributed by atoms with van der Waals surface area (Å²) in [6.45, 7) is 0. The maximum Gasteiger partial charge on any atom is 0.258 e. The molecule has 0 fully saturated rings. The number of hydrogen-bond acceptors (Lipinski definition) is 5. The molecule has 3 rings (SSSR count). The number of carbonyl (C=O) groups excluding carboxylic acids is 2. The summed E-state index contributed by atoms with van der Waals surface area (Å²) in [6, 6.07) is 10.2. The number of primary amides is 1. The standard InChI is InChI=1S/C16H11BrN4O3/c17-11-5-1-3-9(7-11)15(23)20-16-12(14(18)22)13(21-24-16)10-4-2-6-19-8-10/h1-8H,(H2,18,22)(H,20,23). The lowest BCUT2D eigenvalue weighted by atomic mass is 10.1. The van der Waals surface area contributed by atoms with E-state index >= 15 is 0 Å². The Morgan fingerprint density at radius 2 is 2.04 bits per heavy atom. The van der Waals surface area contributed by atoms with Crippen molar-refractivity contribution in [1.29, 1.82) is 0 Å². The van der Waals surface area contributed by atoms with E-state index < -0.39 is 11.8 Å². The zero-order chi connectivity index (χ0) is 17.1. The number of hydrogen-bond donors (Lipinski definition) is 2. The van der Waals surface area contributed by atoms with Crippen molar-refractivity contribution in [1.82, 2.24) is 10.1 Å². The molecular weight excluding hydrogens is 376 g/mol. The van der Waals surface area contributed by atoms with Crippen LogP contribution in [0, 0.1) is 0 Å². The molecule has 0 bridgehead atoms. The van der Waals surface area contributed by atoms with Gasteiger partial charge in [-0.3, -0.25) is 19.9 Å². The van der Waals surface area contributed by atoms with Crippen molar-refractivity contribution in [2.75, 3.05) is 5.32 Å². The highest BCUT2D eigenvalue weighted by molar-refractivity contribution is 9.10. The van der Waals surface area contributed by atoms with Crippen LogP contribution in [0.3, 0.4) is 0 Å². The summed E-state index contributed by atoms with van der Waals surface area (Å²) in [4.78, 5) is 28.1. The van der Waals surface area contributed by atoms with Crippen molar-refractivity contribution >= 4 is 33.6 Å². The summed E-state index contributed by atoms with van der Waals surface area (Å²) in [6.07, 6.45) is 3.10. The van der Waals surface area contributed by atoms with Crippen molar-refractivity contribution in [2.45, 2.75) is 0 Å². The van der Waals surface area contributed by atoms with Gasteiger partial charge < -0.3 is 10.3 Å². The quantitative estimate of drug-likeness (QED) is 0.715. The number of anilines is 1. The number of rotatable bonds is 4. The van der Waals surface area contributed by atoms with Gasteiger partial charge in [0.05, 0.1) is 0 Å². The van der Waals surface area contributed by atoms with Gasteiger partial charge in [0.15, 0.2) is 0 Å². The number of carbonyl (C=O) groups is 2. The molecule has 0 unspecified atom stereocenters. The Balaban J connectivity index is 1.96. The molecule has 1 aromatic carbocycles. The van der Waals surface area contributed by atoms with Gasteiger partial charge in [-0.15, -0.1) is 0 Å². The number of nitrogens with zero attached hydrogens (tertiary/aromatic N) is 2. The van der Waals surface area contributed by atoms with Crippen LogP contribution < -0.4 is 11.1 Å². The van der Waals surface area contributed by atoms with Crippen molar-refractivity contribution in [3.05, 3.63) is 64.4 Å². The number of aromatic nitrogens is 2. The smallest absolute Gasteiger partial charge is 0.258 e. The van der Waals surface area contributed by atoms with Crippen LogP contribution in [0.1, 0.15) is 20.7 Å². The van der Waals surface area contributed by atoms with Crippen molar-refractivity contribution in [2.24, 2.45) is 5.73 Å². The topological polar surface area (TPSA) is 111 Å². The van der Waals surface area contributed by atoms with E-state index in [4.69, 9.17) is 10.3 Å². The van der Waals surface area contributed by atoms with Gasteiger partial charge in [-0.1, -0.05) is 27.2 Å². The molecule has 0 aliphatic carbocycles. The predicted molar refractivity (Wildman–Crippen MR) is 90.3 cm³/mol. The van der Waals surface area contributed by atoms with Crippen LogP contribution in [-0.4, -0.2) is 22.0 Å². The second-order valence-corrected chi connectivity index (χ2v) is 5.72. The fourth-order valence-electron chi connectivity index (χ4n) is 2.11. The van der Waals surface area contributed by atoms with E-state index in [1.54, 1.807) is 42.6 Å². The van der Waals surface area contributed by atoms with E-state index in [9.17, 15) is 9.59 Å². The van der Waals surface area contributed by atoms with Crippen LogP contribution in [0.2, 0.25) is 0 Å². The average molecular weight is 387 g/mol. The van der Waals surface area contributed by atoms with Crippen LogP contribution >= 0.6 is 15.9 Å². The molecule has 3 N–H and O–H groups in total. The molecule has 0 atom stereocenters. The summed E-state index contributed by atoms with van der Waals surface area (Å²) in [5, 5.41) is 6.35. The fourth-order valence-corrected chi connectivity index (χ4v) is 2.51. The van der Waals surface area contributed by atoms with E-state index in [2.05, 4.69) is 31.4 Å². The average Bonchev–Trinajstić information content (AvgIpc) is 2.99. The lowest BCUT2D eigenvalue weighted by Crippen LogP contribution is -2.17. The third-order valence-electron chi connectivity index (χ3n) is 3.19. The van der Waals surface area contributed by atoms with Gasteiger partial charge >= 0.3 is 0 Å². The van der Waals surface area contributed by atoms with Gasteiger partial charge in [-0.25, -0.2) is 0 Å². The monoisotopic (exact) mass is 386 g/mol. The first-order chi connectivity index (χ1) is 11.6. The number of benzene rings is 1. The van der Waals surface area contributed by atoms with Crippen LogP contribution in [0.5, 0.6) is 0 Å². The normalized spacial score (nSPS) is 10.4. The molecule has 0 spiro atoms. The largest absolute Gasteiger partial charge is 0.365 e. The van der Waals surface area contributed by atoms with Gasteiger partial charge in [0, 0.05) is 28.0 Å². The van der Waals surface area contributed by atoms with Gasteiger partial charge in [0.1, 0.15) is 11.3 Å². The van der Waals surface area contributed by atoms with Crippen LogP contribution in [0.4, 0.5) is 5.88 Å². The lowest BCUT2D eigenvalue weighted by molar-refractivity contribution is 0.100. The highest BCUT2D eigenvalue weighted by atomic mass is 79.9. The van der Waals surface area contributed by atoms with Crippen molar-refractivity contribution in [3.8, 4) is 11.3 Å². The minimum absolute atomic E-state index is 0.00801. The van der Waals surface area contributed by atoms with Gasteiger partial charge in [0.2, 0.25) is 5.88 Å². The summed E-state index contributed by atoms with van der Waals surface area (Å²) in [5.74, 6) is -1.32.